The fourth-order valence-corrected chi connectivity index (χ4v) is 2.94. The number of carbonyl (C=O) groups is 1. The van der Waals surface area contributed by atoms with E-state index in [2.05, 4.69) is 15.5 Å². The van der Waals surface area contributed by atoms with E-state index in [1.165, 1.54) is 23.9 Å². The van der Waals surface area contributed by atoms with Crippen molar-refractivity contribution in [2.75, 3.05) is 26.4 Å². The number of nitrogens with zero attached hydrogens (tertiary/aromatic N) is 4. The number of aromatic nitrogens is 3. The summed E-state index contributed by atoms with van der Waals surface area (Å²) in [7, 11) is 3.92. The van der Waals surface area contributed by atoms with Crippen LogP contribution in [0, 0.1) is 5.82 Å². The molecule has 0 radical (unpaired) electrons. The quantitative estimate of drug-likeness (QED) is 0.729. The van der Waals surface area contributed by atoms with Crippen molar-refractivity contribution in [3.63, 3.8) is 0 Å². The summed E-state index contributed by atoms with van der Waals surface area (Å²) in [4.78, 5) is 13.9. The van der Waals surface area contributed by atoms with Gasteiger partial charge in [0.2, 0.25) is 5.91 Å². The highest BCUT2D eigenvalue weighted by molar-refractivity contribution is 7.99. The Morgan fingerprint density at radius 3 is 2.60 bits per heavy atom. The highest BCUT2D eigenvalue weighted by Crippen LogP contribution is 2.26. The number of halogens is 1. The number of benzene rings is 1. The van der Waals surface area contributed by atoms with Crippen LogP contribution in [-0.4, -0.2) is 52.0 Å². The van der Waals surface area contributed by atoms with Crippen LogP contribution >= 0.6 is 11.8 Å². The first-order valence-corrected chi connectivity index (χ1v) is 9.19. The number of rotatable bonds is 8. The monoisotopic (exact) mass is 365 g/mol. The minimum absolute atomic E-state index is 0.0146. The average Bonchev–Trinajstić information content (AvgIpc) is 3.01. The van der Waals surface area contributed by atoms with E-state index < -0.39 is 0 Å². The lowest BCUT2D eigenvalue weighted by Crippen LogP contribution is -2.26. The lowest BCUT2D eigenvalue weighted by molar-refractivity contribution is -0.118. The van der Waals surface area contributed by atoms with Gasteiger partial charge in [0.1, 0.15) is 5.82 Å². The maximum Gasteiger partial charge on any atom is 0.230 e. The van der Waals surface area contributed by atoms with Crippen LogP contribution < -0.4 is 5.32 Å². The Labute approximate surface area is 151 Å². The molecule has 0 aliphatic heterocycles. The first kappa shape index (κ1) is 19.4. The third-order valence-corrected chi connectivity index (χ3v) is 4.72. The number of thioether (sulfide) groups is 1. The SMILES string of the molecule is CCCNC(=O)CSc1nnc([C@@H](C)N(C)C)n1-c1ccc(F)cc1. The van der Waals surface area contributed by atoms with Crippen molar-refractivity contribution in [2.24, 2.45) is 0 Å². The normalized spacial score (nSPS) is 12.4. The van der Waals surface area contributed by atoms with E-state index in [9.17, 15) is 9.18 Å². The van der Waals surface area contributed by atoms with Crippen molar-refractivity contribution in [3.05, 3.63) is 35.9 Å². The van der Waals surface area contributed by atoms with Gasteiger partial charge in [0.05, 0.1) is 11.8 Å². The highest BCUT2D eigenvalue weighted by Gasteiger charge is 2.21. The van der Waals surface area contributed by atoms with Crippen molar-refractivity contribution < 1.29 is 9.18 Å². The standard InChI is InChI=1S/C17H24FN5OS/c1-5-10-19-15(24)11-25-17-21-20-16(12(2)22(3)4)23(17)14-8-6-13(18)7-9-14/h6-9,12H,5,10-11H2,1-4H3,(H,19,24)/t12-/m1/s1. The van der Waals surface area contributed by atoms with Crippen LogP contribution in [0.4, 0.5) is 4.39 Å². The Balaban J connectivity index is 2.30. The second kappa shape index (κ2) is 8.96. The first-order chi connectivity index (χ1) is 11.9. The molecular weight excluding hydrogens is 341 g/mol. The fourth-order valence-electron chi connectivity index (χ4n) is 2.15. The summed E-state index contributed by atoms with van der Waals surface area (Å²) < 4.78 is 15.2. The summed E-state index contributed by atoms with van der Waals surface area (Å²) in [5.41, 5.74) is 0.770. The topological polar surface area (TPSA) is 63.1 Å². The Morgan fingerprint density at radius 2 is 2.00 bits per heavy atom. The van der Waals surface area contributed by atoms with Gasteiger partial charge >= 0.3 is 0 Å². The molecule has 2 rings (SSSR count). The maximum absolute atomic E-state index is 13.3. The molecule has 0 aliphatic carbocycles. The van der Waals surface area contributed by atoms with Gasteiger partial charge in [-0.2, -0.15) is 0 Å². The zero-order chi connectivity index (χ0) is 18.4. The molecule has 1 amide bonds. The lowest BCUT2D eigenvalue weighted by Gasteiger charge is -2.20. The summed E-state index contributed by atoms with van der Waals surface area (Å²) >= 11 is 1.32. The number of hydrogen-bond acceptors (Lipinski definition) is 5. The Bertz CT molecular complexity index is 702. The molecule has 1 N–H and O–H groups in total. The molecule has 1 atom stereocenters. The minimum atomic E-state index is -0.299. The Kier molecular flexibility index (Phi) is 6.95. The zero-order valence-corrected chi connectivity index (χ0v) is 15.8. The molecule has 2 aromatic rings. The number of nitrogens with one attached hydrogen (secondary N) is 1. The molecule has 0 fully saturated rings. The minimum Gasteiger partial charge on any atom is -0.355 e. The van der Waals surface area contributed by atoms with Gasteiger partial charge in [0.25, 0.3) is 0 Å². The van der Waals surface area contributed by atoms with Gasteiger partial charge in [-0.25, -0.2) is 4.39 Å². The van der Waals surface area contributed by atoms with Crippen LogP contribution in [0.5, 0.6) is 0 Å². The van der Waals surface area contributed by atoms with Crippen LogP contribution in [0.3, 0.4) is 0 Å². The molecule has 0 aliphatic rings. The molecule has 25 heavy (non-hydrogen) atoms. The number of carbonyl (C=O) groups excluding carboxylic acids is 1. The van der Waals surface area contributed by atoms with Gasteiger partial charge in [-0.1, -0.05) is 18.7 Å². The molecule has 6 nitrogen and oxygen atoms in total. The molecule has 1 aromatic carbocycles. The van der Waals surface area contributed by atoms with Crippen LogP contribution in [0.2, 0.25) is 0 Å². The maximum atomic E-state index is 13.3. The van der Waals surface area contributed by atoms with E-state index >= 15 is 0 Å². The Hall–Kier alpha value is -1.93. The van der Waals surface area contributed by atoms with Gasteiger partial charge < -0.3 is 5.32 Å². The molecule has 0 saturated heterocycles. The predicted octanol–water partition coefficient (Wildman–Crippen LogP) is 2.65. The third kappa shape index (κ3) is 5.02. The lowest BCUT2D eigenvalue weighted by atomic mass is 10.2. The number of hydrogen-bond donors (Lipinski definition) is 1. The largest absolute Gasteiger partial charge is 0.355 e. The third-order valence-electron chi connectivity index (χ3n) is 3.80. The van der Waals surface area contributed by atoms with Gasteiger partial charge in [-0.05, 0) is 51.7 Å². The van der Waals surface area contributed by atoms with Crippen molar-refractivity contribution in [1.29, 1.82) is 0 Å². The summed E-state index contributed by atoms with van der Waals surface area (Å²) in [6.45, 7) is 4.69. The van der Waals surface area contributed by atoms with Crippen LogP contribution in [0.1, 0.15) is 32.1 Å². The molecule has 0 unspecified atom stereocenters. The highest BCUT2D eigenvalue weighted by atomic mass is 32.2. The zero-order valence-electron chi connectivity index (χ0n) is 15.0. The molecule has 0 spiro atoms. The summed E-state index contributed by atoms with van der Waals surface area (Å²) in [5.74, 6) is 0.665. The van der Waals surface area contributed by atoms with E-state index in [1.54, 1.807) is 12.1 Å². The molecule has 136 valence electrons. The predicted molar refractivity (Wildman–Crippen MR) is 97.4 cm³/mol. The van der Waals surface area contributed by atoms with Gasteiger partial charge in [-0.3, -0.25) is 14.3 Å². The smallest absolute Gasteiger partial charge is 0.230 e. The molecule has 8 heteroatoms. The average molecular weight is 365 g/mol. The molecular formula is C17H24FN5OS. The first-order valence-electron chi connectivity index (χ1n) is 8.21. The van der Waals surface area contributed by atoms with Crippen molar-refractivity contribution in [2.45, 2.75) is 31.5 Å². The van der Waals surface area contributed by atoms with Crippen LogP contribution in [0.25, 0.3) is 5.69 Å². The van der Waals surface area contributed by atoms with Gasteiger partial charge in [0.15, 0.2) is 11.0 Å². The second-order valence-electron chi connectivity index (χ2n) is 5.93. The molecule has 1 heterocycles. The van der Waals surface area contributed by atoms with Crippen LogP contribution in [0.15, 0.2) is 29.4 Å². The van der Waals surface area contributed by atoms with E-state index in [4.69, 9.17) is 0 Å². The van der Waals surface area contributed by atoms with E-state index in [1.807, 2.05) is 37.4 Å². The molecule has 1 aromatic heterocycles. The van der Waals surface area contributed by atoms with E-state index in [0.717, 1.165) is 17.9 Å². The molecule has 0 bridgehead atoms. The Morgan fingerprint density at radius 1 is 1.32 bits per heavy atom. The van der Waals surface area contributed by atoms with Gasteiger partial charge in [-0.15, -0.1) is 10.2 Å². The summed E-state index contributed by atoms with van der Waals surface area (Å²) in [5, 5.41) is 12.0. The van der Waals surface area contributed by atoms with Crippen molar-refractivity contribution in [3.8, 4) is 5.69 Å². The van der Waals surface area contributed by atoms with Crippen LogP contribution in [-0.2, 0) is 4.79 Å². The second-order valence-corrected chi connectivity index (χ2v) is 6.87. The fraction of sp³-hybridized carbons (Fsp3) is 0.471. The number of amides is 1. The summed E-state index contributed by atoms with van der Waals surface area (Å²) in [6.07, 6.45) is 0.896. The van der Waals surface area contributed by atoms with Crippen molar-refractivity contribution in [1.82, 2.24) is 25.0 Å². The molecule has 0 saturated carbocycles. The van der Waals surface area contributed by atoms with E-state index in [-0.39, 0.29) is 23.5 Å². The van der Waals surface area contributed by atoms with Crippen molar-refractivity contribution >= 4 is 17.7 Å². The van der Waals surface area contributed by atoms with Gasteiger partial charge in [0, 0.05) is 12.2 Å². The van der Waals surface area contributed by atoms with E-state index in [0.29, 0.717) is 11.7 Å². The summed E-state index contributed by atoms with van der Waals surface area (Å²) in [6, 6.07) is 6.20.